The summed E-state index contributed by atoms with van der Waals surface area (Å²) < 4.78 is 10.9. The Morgan fingerprint density at radius 3 is 2.76 bits per heavy atom. The molecular weight excluding hydrogens is 336 g/mol. The number of rotatable bonds is 5. The third-order valence-electron chi connectivity index (χ3n) is 3.98. The lowest BCUT2D eigenvalue weighted by atomic mass is 10.1. The predicted molar refractivity (Wildman–Crippen MR) is 82.1 cm³/mol. The minimum absolute atomic E-state index is 0.0192. The van der Waals surface area contributed by atoms with E-state index in [1.54, 1.807) is 0 Å². The van der Waals surface area contributed by atoms with Gasteiger partial charge in [0.25, 0.3) is 5.09 Å². The molecule has 4 atom stereocenters. The minimum Gasteiger partial charge on any atom is -0.504 e. The van der Waals surface area contributed by atoms with Crippen LogP contribution in [0.15, 0.2) is 24.3 Å². The summed E-state index contributed by atoms with van der Waals surface area (Å²) in [5, 5.41) is 30.9. The molecular formula is C15H16N2O8. The maximum Gasteiger partial charge on any atom is 0.294 e. The van der Waals surface area contributed by atoms with Crippen LogP contribution in [0.2, 0.25) is 0 Å². The van der Waals surface area contributed by atoms with Gasteiger partial charge in [-0.1, -0.05) is 6.07 Å². The van der Waals surface area contributed by atoms with Gasteiger partial charge in [-0.05, 0) is 23.8 Å². The standard InChI is InChI=1S/C15H16N2O8/c18-10-3-1-8(5-11(10)19)2-4-13(20)16-9-6-23-15-12(25-17(21)22)7-24-14(9)15/h1-5,9,12,14-15,18-19H,6-7H2,(H,16,20)/b4-2+/t9-,12-,14-,15-/m0/s1. The molecule has 0 aliphatic carbocycles. The van der Waals surface area contributed by atoms with E-state index in [1.165, 1.54) is 30.4 Å². The number of hydrogen-bond donors (Lipinski definition) is 3. The number of ether oxygens (including phenoxy) is 2. The van der Waals surface area contributed by atoms with Gasteiger partial charge in [0.15, 0.2) is 17.6 Å². The molecule has 134 valence electrons. The fraction of sp³-hybridized carbons (Fsp3) is 0.400. The van der Waals surface area contributed by atoms with Crippen molar-refractivity contribution in [3.63, 3.8) is 0 Å². The minimum atomic E-state index is -0.887. The highest BCUT2D eigenvalue weighted by Gasteiger charge is 2.49. The van der Waals surface area contributed by atoms with Crippen LogP contribution in [0.25, 0.3) is 6.08 Å². The zero-order valence-corrected chi connectivity index (χ0v) is 12.9. The van der Waals surface area contributed by atoms with Crippen LogP contribution < -0.4 is 5.32 Å². The van der Waals surface area contributed by atoms with Crippen LogP contribution in [0.4, 0.5) is 0 Å². The first-order valence-electron chi connectivity index (χ1n) is 7.49. The summed E-state index contributed by atoms with van der Waals surface area (Å²) in [6, 6.07) is 3.71. The molecule has 2 aliphatic rings. The Kier molecular flexibility index (Phi) is 4.72. The molecule has 0 aromatic heterocycles. The number of hydrogen-bond acceptors (Lipinski definition) is 8. The fourth-order valence-corrected chi connectivity index (χ4v) is 2.84. The smallest absolute Gasteiger partial charge is 0.294 e. The number of carbonyl (C=O) groups is 1. The van der Waals surface area contributed by atoms with Crippen molar-refractivity contribution in [1.82, 2.24) is 5.32 Å². The number of fused-ring (bicyclic) bond motifs is 1. The topological polar surface area (TPSA) is 140 Å². The van der Waals surface area contributed by atoms with Crippen LogP contribution >= 0.6 is 0 Å². The van der Waals surface area contributed by atoms with E-state index in [1.807, 2.05) is 0 Å². The number of phenols is 2. The van der Waals surface area contributed by atoms with Crippen molar-refractivity contribution in [1.29, 1.82) is 0 Å². The van der Waals surface area contributed by atoms with E-state index in [0.717, 1.165) is 0 Å². The molecule has 0 radical (unpaired) electrons. The molecule has 10 nitrogen and oxygen atoms in total. The normalized spacial score (nSPS) is 28.0. The Hall–Kier alpha value is -2.85. The van der Waals surface area contributed by atoms with Gasteiger partial charge in [0.1, 0.15) is 12.2 Å². The van der Waals surface area contributed by atoms with Crippen molar-refractivity contribution in [2.45, 2.75) is 24.4 Å². The van der Waals surface area contributed by atoms with Gasteiger partial charge >= 0.3 is 0 Å². The molecule has 2 fully saturated rings. The third-order valence-corrected chi connectivity index (χ3v) is 3.98. The SMILES string of the molecule is O=C(/C=C/c1ccc(O)c(O)c1)N[C@H]1CO[C@@H]2[C@H]1OC[C@@H]2O[N+](=O)[O-]. The van der Waals surface area contributed by atoms with Crippen molar-refractivity contribution in [2.75, 3.05) is 13.2 Å². The summed E-state index contributed by atoms with van der Waals surface area (Å²) >= 11 is 0. The van der Waals surface area contributed by atoms with E-state index in [2.05, 4.69) is 10.2 Å². The van der Waals surface area contributed by atoms with Gasteiger partial charge in [0.05, 0.1) is 19.3 Å². The molecule has 0 spiro atoms. The van der Waals surface area contributed by atoms with Crippen LogP contribution in [-0.2, 0) is 19.1 Å². The van der Waals surface area contributed by atoms with Crippen molar-refractivity contribution >= 4 is 12.0 Å². The molecule has 2 aliphatic heterocycles. The molecule has 1 aromatic rings. The number of amides is 1. The number of carbonyl (C=O) groups excluding carboxylic acids is 1. The quantitative estimate of drug-likeness (QED) is 0.290. The van der Waals surface area contributed by atoms with Crippen LogP contribution in [0.3, 0.4) is 0 Å². The van der Waals surface area contributed by atoms with Crippen molar-refractivity contribution in [3.8, 4) is 11.5 Å². The predicted octanol–water partition coefficient (Wildman–Crippen LogP) is -0.0297. The second-order valence-corrected chi connectivity index (χ2v) is 5.66. The average molecular weight is 352 g/mol. The largest absolute Gasteiger partial charge is 0.504 e. The van der Waals surface area contributed by atoms with Gasteiger partial charge in [-0.25, -0.2) is 0 Å². The highest BCUT2D eigenvalue weighted by molar-refractivity contribution is 5.92. The lowest BCUT2D eigenvalue weighted by Crippen LogP contribution is -2.43. The van der Waals surface area contributed by atoms with Gasteiger partial charge in [-0.3, -0.25) is 4.79 Å². The van der Waals surface area contributed by atoms with E-state index in [0.29, 0.717) is 5.56 Å². The van der Waals surface area contributed by atoms with E-state index < -0.39 is 35.3 Å². The lowest BCUT2D eigenvalue weighted by Gasteiger charge is -2.16. The molecule has 2 heterocycles. The number of aromatic hydroxyl groups is 2. The molecule has 2 saturated heterocycles. The lowest BCUT2D eigenvalue weighted by molar-refractivity contribution is -0.769. The van der Waals surface area contributed by atoms with Gasteiger partial charge in [0.2, 0.25) is 5.91 Å². The Morgan fingerprint density at radius 2 is 2.04 bits per heavy atom. The molecule has 1 aromatic carbocycles. The number of nitrogens with one attached hydrogen (secondary N) is 1. The van der Waals surface area contributed by atoms with Crippen LogP contribution in [0.5, 0.6) is 11.5 Å². The monoisotopic (exact) mass is 352 g/mol. The third kappa shape index (κ3) is 3.80. The summed E-state index contributed by atoms with van der Waals surface area (Å²) in [4.78, 5) is 26.9. The number of phenolic OH excluding ortho intramolecular Hbond substituents is 2. The fourth-order valence-electron chi connectivity index (χ4n) is 2.84. The van der Waals surface area contributed by atoms with Crippen molar-refractivity contribution < 1.29 is 34.4 Å². The maximum absolute atomic E-state index is 12.0. The first kappa shape index (κ1) is 17.0. The van der Waals surface area contributed by atoms with Crippen molar-refractivity contribution in [2.24, 2.45) is 0 Å². The Bertz CT molecular complexity index is 707. The Balaban J connectivity index is 1.56. The number of benzene rings is 1. The summed E-state index contributed by atoms with van der Waals surface area (Å²) in [6.07, 6.45) is 0.806. The maximum atomic E-state index is 12.0. The second-order valence-electron chi connectivity index (χ2n) is 5.66. The molecule has 0 saturated carbocycles. The van der Waals surface area contributed by atoms with Crippen LogP contribution in [0.1, 0.15) is 5.56 Å². The first-order valence-corrected chi connectivity index (χ1v) is 7.49. The summed E-state index contributed by atoms with van der Waals surface area (Å²) in [7, 11) is 0. The highest BCUT2D eigenvalue weighted by Crippen LogP contribution is 2.29. The molecule has 10 heteroatoms. The number of nitrogens with zero attached hydrogens (tertiary/aromatic N) is 1. The molecule has 1 amide bonds. The second kappa shape index (κ2) is 6.95. The molecule has 0 bridgehead atoms. The summed E-state index contributed by atoms with van der Waals surface area (Å²) in [5.41, 5.74) is 0.530. The van der Waals surface area contributed by atoms with Crippen LogP contribution in [0, 0.1) is 10.1 Å². The summed E-state index contributed by atoms with van der Waals surface area (Å²) in [6.45, 7) is 0.178. The first-order chi connectivity index (χ1) is 11.9. The Morgan fingerprint density at radius 1 is 1.28 bits per heavy atom. The van der Waals surface area contributed by atoms with Gasteiger partial charge in [-0.2, -0.15) is 0 Å². The van der Waals surface area contributed by atoms with E-state index in [9.17, 15) is 25.1 Å². The molecule has 25 heavy (non-hydrogen) atoms. The van der Waals surface area contributed by atoms with Gasteiger partial charge in [0, 0.05) is 6.08 Å². The van der Waals surface area contributed by atoms with Gasteiger partial charge in [-0.15, -0.1) is 10.1 Å². The molecule has 3 rings (SSSR count). The Labute approximate surface area is 141 Å². The summed E-state index contributed by atoms with van der Waals surface area (Å²) in [5.74, 6) is -0.949. The molecule has 3 N–H and O–H groups in total. The van der Waals surface area contributed by atoms with E-state index in [-0.39, 0.29) is 24.7 Å². The van der Waals surface area contributed by atoms with E-state index in [4.69, 9.17) is 9.47 Å². The highest BCUT2D eigenvalue weighted by atomic mass is 17.0. The van der Waals surface area contributed by atoms with Gasteiger partial charge < -0.3 is 29.8 Å². The molecule has 0 unspecified atom stereocenters. The zero-order valence-electron chi connectivity index (χ0n) is 12.9. The zero-order chi connectivity index (χ0) is 18.0. The van der Waals surface area contributed by atoms with Crippen molar-refractivity contribution in [3.05, 3.63) is 40.0 Å². The van der Waals surface area contributed by atoms with Crippen LogP contribution in [-0.4, -0.2) is 58.8 Å². The van der Waals surface area contributed by atoms with E-state index >= 15 is 0 Å². The average Bonchev–Trinajstić information content (AvgIpc) is 3.12.